The number of carbonyl (C=O) groups is 1. The van der Waals surface area contributed by atoms with Crippen molar-refractivity contribution in [3.8, 4) is 11.6 Å². The summed E-state index contributed by atoms with van der Waals surface area (Å²) in [5.41, 5.74) is -0.133. The molecule has 0 saturated carbocycles. The van der Waals surface area contributed by atoms with Crippen LogP contribution in [0.15, 0.2) is 47.5 Å². The number of nitrogens with zero attached hydrogens (tertiary/aromatic N) is 1. The van der Waals surface area contributed by atoms with Crippen LogP contribution in [0.1, 0.15) is 12.5 Å². The van der Waals surface area contributed by atoms with Crippen molar-refractivity contribution < 1.29 is 31.8 Å². The summed E-state index contributed by atoms with van der Waals surface area (Å²) >= 11 is 0. The summed E-state index contributed by atoms with van der Waals surface area (Å²) in [6.45, 7) is 1.49. The smallest absolute Gasteiger partial charge is 0.307 e. The fourth-order valence-corrected chi connectivity index (χ4v) is 3.46. The van der Waals surface area contributed by atoms with E-state index in [1.807, 2.05) is 0 Å². The number of pyridine rings is 1. The van der Waals surface area contributed by atoms with E-state index in [-0.39, 0.29) is 33.2 Å². The summed E-state index contributed by atoms with van der Waals surface area (Å²) in [5.74, 6) is -3.42. The number of aromatic nitrogens is 1. The van der Waals surface area contributed by atoms with E-state index in [1.54, 1.807) is 0 Å². The van der Waals surface area contributed by atoms with Crippen LogP contribution in [0, 0.1) is 11.6 Å². The van der Waals surface area contributed by atoms with Crippen molar-refractivity contribution >= 4 is 26.6 Å². The Morgan fingerprint density at radius 1 is 1.18 bits per heavy atom. The molecule has 28 heavy (non-hydrogen) atoms. The minimum Gasteiger partial charge on any atom is -0.481 e. The van der Waals surface area contributed by atoms with Gasteiger partial charge in [0.25, 0.3) is 0 Å². The zero-order valence-corrected chi connectivity index (χ0v) is 15.5. The highest BCUT2D eigenvalue weighted by molar-refractivity contribution is 7.91. The Kier molecular flexibility index (Phi) is 5.28. The minimum absolute atomic E-state index is 0.0154. The molecule has 0 fully saturated rings. The summed E-state index contributed by atoms with van der Waals surface area (Å²) in [6, 6.07) is 7.44. The van der Waals surface area contributed by atoms with Crippen LogP contribution in [0.25, 0.3) is 10.8 Å². The molecule has 0 saturated heterocycles. The molecule has 2 aromatic carbocycles. The molecule has 1 N–H and O–H groups in total. The molecule has 0 aliphatic rings. The van der Waals surface area contributed by atoms with Gasteiger partial charge in [-0.3, -0.25) is 4.79 Å². The van der Waals surface area contributed by atoms with Crippen LogP contribution >= 0.6 is 0 Å². The summed E-state index contributed by atoms with van der Waals surface area (Å²) in [5, 5.41) is 9.47. The van der Waals surface area contributed by atoms with Gasteiger partial charge in [0.15, 0.2) is 21.4 Å². The molecule has 0 radical (unpaired) electrons. The average Bonchev–Trinajstić information content (AvgIpc) is 2.65. The van der Waals surface area contributed by atoms with Crippen molar-refractivity contribution in [1.29, 1.82) is 0 Å². The monoisotopic (exact) mass is 407 g/mol. The van der Waals surface area contributed by atoms with Crippen LogP contribution in [0.4, 0.5) is 8.78 Å². The molecule has 0 atom stereocenters. The van der Waals surface area contributed by atoms with Gasteiger partial charge in [-0.2, -0.15) is 0 Å². The number of aliphatic carboxylic acids is 1. The third-order valence-corrected chi connectivity index (χ3v) is 5.79. The Hall–Kier alpha value is -3.07. The second kappa shape index (κ2) is 7.51. The van der Waals surface area contributed by atoms with Crippen LogP contribution in [0.5, 0.6) is 11.6 Å². The maximum Gasteiger partial charge on any atom is 0.307 e. The van der Waals surface area contributed by atoms with Gasteiger partial charge < -0.3 is 9.84 Å². The SMILES string of the molecule is CCS(=O)(=O)c1ccc(Oc2c(F)c(CC(=O)O)cc3ccc(F)cc23)nc1. The van der Waals surface area contributed by atoms with E-state index in [4.69, 9.17) is 9.84 Å². The van der Waals surface area contributed by atoms with Crippen molar-refractivity contribution in [1.82, 2.24) is 4.98 Å². The first-order valence-corrected chi connectivity index (χ1v) is 9.85. The highest BCUT2D eigenvalue weighted by Gasteiger charge is 2.19. The van der Waals surface area contributed by atoms with Crippen LogP contribution < -0.4 is 4.74 Å². The maximum absolute atomic E-state index is 14.9. The number of benzene rings is 2. The second-order valence-electron chi connectivity index (χ2n) is 5.95. The number of hydrogen-bond acceptors (Lipinski definition) is 5. The number of ether oxygens (including phenoxy) is 1. The number of sulfone groups is 1. The van der Waals surface area contributed by atoms with Gasteiger partial charge in [-0.05, 0) is 29.7 Å². The Morgan fingerprint density at radius 2 is 1.93 bits per heavy atom. The van der Waals surface area contributed by atoms with Crippen molar-refractivity contribution in [2.75, 3.05) is 5.75 Å². The van der Waals surface area contributed by atoms with E-state index in [0.717, 1.165) is 18.3 Å². The zero-order valence-electron chi connectivity index (χ0n) is 14.6. The normalized spacial score (nSPS) is 11.5. The highest BCUT2D eigenvalue weighted by atomic mass is 32.2. The van der Waals surface area contributed by atoms with Crippen LogP contribution in [0.2, 0.25) is 0 Å². The molecule has 9 heteroatoms. The quantitative estimate of drug-likeness (QED) is 0.669. The predicted octanol–water partition coefficient (Wildman–Crippen LogP) is 3.73. The Labute approximate surface area is 159 Å². The van der Waals surface area contributed by atoms with E-state index >= 15 is 0 Å². The summed E-state index contributed by atoms with van der Waals surface area (Å²) in [7, 11) is -3.46. The molecule has 3 aromatic rings. The fourth-order valence-electron chi connectivity index (χ4n) is 2.64. The third-order valence-electron chi connectivity index (χ3n) is 4.07. The first-order valence-electron chi connectivity index (χ1n) is 8.20. The van der Waals surface area contributed by atoms with E-state index in [1.165, 1.54) is 31.2 Å². The summed E-state index contributed by atoms with van der Waals surface area (Å²) < 4.78 is 57.7. The van der Waals surface area contributed by atoms with E-state index < -0.39 is 33.9 Å². The Bertz CT molecular complexity index is 1160. The molecule has 0 amide bonds. The fraction of sp³-hybridized carbons (Fsp3) is 0.158. The van der Waals surface area contributed by atoms with Crippen LogP contribution in [-0.2, 0) is 21.1 Å². The predicted molar refractivity (Wildman–Crippen MR) is 97.2 cm³/mol. The molecular formula is C19H15F2NO5S. The standard InChI is InChI=1S/C19H15F2NO5S/c1-2-28(25,26)14-5-6-16(22-10-14)27-19-15-9-13(20)4-3-11(15)7-12(18(19)21)8-17(23)24/h3-7,9-10H,2,8H2,1H3,(H,23,24). The lowest BCUT2D eigenvalue weighted by atomic mass is 10.0. The molecule has 6 nitrogen and oxygen atoms in total. The van der Waals surface area contributed by atoms with Gasteiger partial charge >= 0.3 is 5.97 Å². The largest absolute Gasteiger partial charge is 0.481 e. The van der Waals surface area contributed by atoms with Gasteiger partial charge in [-0.15, -0.1) is 0 Å². The number of hydrogen-bond donors (Lipinski definition) is 1. The first-order chi connectivity index (χ1) is 13.2. The second-order valence-corrected chi connectivity index (χ2v) is 8.23. The number of carboxylic acids is 1. The van der Waals surface area contributed by atoms with Gasteiger partial charge in [0.2, 0.25) is 5.88 Å². The Balaban J connectivity index is 2.09. The van der Waals surface area contributed by atoms with Crippen molar-refractivity contribution in [2.45, 2.75) is 18.2 Å². The lowest BCUT2D eigenvalue weighted by Gasteiger charge is -2.13. The van der Waals surface area contributed by atoms with Crippen molar-refractivity contribution in [2.24, 2.45) is 0 Å². The molecule has 0 aliphatic heterocycles. The molecular weight excluding hydrogens is 392 g/mol. The zero-order chi connectivity index (χ0) is 20.5. The van der Waals surface area contributed by atoms with Gasteiger partial charge in [-0.25, -0.2) is 22.2 Å². The van der Waals surface area contributed by atoms with Crippen molar-refractivity contribution in [3.05, 3.63) is 59.8 Å². The molecule has 1 aromatic heterocycles. The molecule has 146 valence electrons. The van der Waals surface area contributed by atoms with Crippen LogP contribution in [-0.4, -0.2) is 30.2 Å². The number of fused-ring (bicyclic) bond motifs is 1. The lowest BCUT2D eigenvalue weighted by Crippen LogP contribution is -2.05. The van der Waals surface area contributed by atoms with Crippen molar-refractivity contribution in [3.63, 3.8) is 0 Å². The molecule has 3 rings (SSSR count). The summed E-state index contributed by atoms with van der Waals surface area (Å²) in [6.07, 6.45) is 0.493. The number of carboxylic acid groups (broad SMARTS) is 1. The van der Waals surface area contributed by atoms with Gasteiger partial charge in [0.05, 0.1) is 17.1 Å². The minimum atomic E-state index is -3.46. The lowest BCUT2D eigenvalue weighted by molar-refractivity contribution is -0.136. The first kappa shape index (κ1) is 19.7. The highest BCUT2D eigenvalue weighted by Crippen LogP contribution is 2.35. The van der Waals surface area contributed by atoms with Crippen LogP contribution in [0.3, 0.4) is 0 Å². The Morgan fingerprint density at radius 3 is 2.54 bits per heavy atom. The van der Waals surface area contributed by atoms with E-state index in [0.29, 0.717) is 5.39 Å². The topological polar surface area (TPSA) is 93.6 Å². The number of rotatable bonds is 6. The van der Waals surface area contributed by atoms with Gasteiger partial charge in [0, 0.05) is 23.2 Å². The average molecular weight is 407 g/mol. The van der Waals surface area contributed by atoms with E-state index in [2.05, 4.69) is 4.98 Å². The molecule has 0 spiro atoms. The van der Waals surface area contributed by atoms with Gasteiger partial charge in [0.1, 0.15) is 5.82 Å². The third kappa shape index (κ3) is 3.94. The van der Waals surface area contributed by atoms with Gasteiger partial charge in [-0.1, -0.05) is 13.0 Å². The summed E-state index contributed by atoms with van der Waals surface area (Å²) in [4.78, 5) is 14.9. The molecule has 0 aliphatic carbocycles. The molecule has 0 unspecified atom stereocenters. The molecule has 1 heterocycles. The number of halogens is 2. The van der Waals surface area contributed by atoms with E-state index in [9.17, 15) is 22.0 Å². The maximum atomic E-state index is 14.9. The molecule has 0 bridgehead atoms.